The molecule has 0 saturated heterocycles. The zero-order valence-electron chi connectivity index (χ0n) is 16.2. The van der Waals surface area contributed by atoms with E-state index in [0.29, 0.717) is 22.5 Å². The molecule has 0 unspecified atom stereocenters. The van der Waals surface area contributed by atoms with Crippen LogP contribution in [0.4, 0.5) is 11.6 Å². The molecule has 3 aromatic rings. The number of aromatic nitrogens is 1. The van der Waals surface area contributed by atoms with Gasteiger partial charge in [-0.15, -0.1) is 0 Å². The lowest BCUT2D eigenvalue weighted by atomic mass is 10.1. The van der Waals surface area contributed by atoms with Gasteiger partial charge >= 0.3 is 0 Å². The first-order valence-corrected chi connectivity index (χ1v) is 11.6. The van der Waals surface area contributed by atoms with E-state index in [0.717, 1.165) is 11.3 Å². The number of benzene rings is 2. The number of nitrogens with one attached hydrogen (secondary N) is 2. The molecule has 2 aromatic carbocycles. The maximum Gasteiger partial charge on any atom is 0.264 e. The standard InChI is InChI=1S/C20H21N3O4S2/c1-13-14(2)22-27-20(13)23-29(25,26)18-10-8-17(9-11-18)21-19(24)16-6-4-15(5-7-16)12-28-3/h4-11,23H,12H2,1-3H3,(H,21,24). The quantitative estimate of drug-likeness (QED) is 0.581. The van der Waals surface area contributed by atoms with Crippen molar-refractivity contribution in [2.24, 2.45) is 0 Å². The van der Waals surface area contributed by atoms with Gasteiger partial charge in [-0.2, -0.15) is 11.8 Å². The lowest BCUT2D eigenvalue weighted by molar-refractivity contribution is 0.102. The predicted molar refractivity (Wildman–Crippen MR) is 115 cm³/mol. The molecule has 1 aromatic heterocycles. The summed E-state index contributed by atoms with van der Waals surface area (Å²) < 4.78 is 32.4. The lowest BCUT2D eigenvalue weighted by Crippen LogP contribution is -2.14. The van der Waals surface area contributed by atoms with Crippen LogP contribution in [0.5, 0.6) is 0 Å². The molecule has 9 heteroatoms. The first kappa shape index (κ1) is 20.9. The molecule has 0 aliphatic heterocycles. The fourth-order valence-corrected chi connectivity index (χ4v) is 4.10. The van der Waals surface area contributed by atoms with Crippen LogP contribution in [0.3, 0.4) is 0 Å². The molecular weight excluding hydrogens is 410 g/mol. The number of hydrogen-bond acceptors (Lipinski definition) is 6. The van der Waals surface area contributed by atoms with E-state index in [1.54, 1.807) is 37.7 Å². The smallest absolute Gasteiger partial charge is 0.264 e. The van der Waals surface area contributed by atoms with Crippen LogP contribution in [0.25, 0.3) is 0 Å². The van der Waals surface area contributed by atoms with Gasteiger partial charge in [-0.3, -0.25) is 4.79 Å². The van der Waals surface area contributed by atoms with Crippen LogP contribution in [0, 0.1) is 13.8 Å². The molecule has 1 amide bonds. The Morgan fingerprint density at radius 1 is 1.07 bits per heavy atom. The molecule has 152 valence electrons. The third-order valence-corrected chi connectivity index (χ3v) is 6.30. The summed E-state index contributed by atoms with van der Waals surface area (Å²) >= 11 is 1.71. The summed E-state index contributed by atoms with van der Waals surface area (Å²) in [5, 5.41) is 6.50. The highest BCUT2D eigenvalue weighted by atomic mass is 32.2. The SMILES string of the molecule is CSCc1ccc(C(=O)Nc2ccc(S(=O)(=O)Nc3onc(C)c3C)cc2)cc1. The van der Waals surface area contributed by atoms with E-state index in [1.807, 2.05) is 18.4 Å². The number of anilines is 2. The minimum absolute atomic E-state index is 0.0466. The Hall–Kier alpha value is -2.78. The highest BCUT2D eigenvalue weighted by Gasteiger charge is 2.19. The number of rotatable bonds is 7. The largest absolute Gasteiger partial charge is 0.337 e. The van der Waals surface area contributed by atoms with Crippen molar-refractivity contribution in [1.29, 1.82) is 0 Å². The number of carbonyl (C=O) groups is 1. The van der Waals surface area contributed by atoms with Crippen molar-refractivity contribution in [3.05, 3.63) is 70.9 Å². The van der Waals surface area contributed by atoms with E-state index >= 15 is 0 Å². The van der Waals surface area contributed by atoms with E-state index in [1.165, 1.54) is 24.3 Å². The number of amides is 1. The van der Waals surface area contributed by atoms with Gasteiger partial charge in [0.25, 0.3) is 15.9 Å². The molecular formula is C20H21N3O4S2. The van der Waals surface area contributed by atoms with Gasteiger partial charge in [0.2, 0.25) is 5.88 Å². The Kier molecular flexibility index (Phi) is 6.29. The molecule has 0 bridgehead atoms. The van der Waals surface area contributed by atoms with Crippen molar-refractivity contribution in [3.8, 4) is 0 Å². The van der Waals surface area contributed by atoms with E-state index in [4.69, 9.17) is 4.52 Å². The number of thioether (sulfide) groups is 1. The molecule has 1 heterocycles. The summed E-state index contributed by atoms with van der Waals surface area (Å²) in [6, 6.07) is 13.3. The number of hydrogen-bond donors (Lipinski definition) is 2. The monoisotopic (exact) mass is 431 g/mol. The van der Waals surface area contributed by atoms with Crippen molar-refractivity contribution < 1.29 is 17.7 Å². The Bertz CT molecular complexity index is 1110. The van der Waals surface area contributed by atoms with E-state index in [-0.39, 0.29) is 16.7 Å². The summed E-state index contributed by atoms with van der Waals surface area (Å²) in [6.07, 6.45) is 2.02. The number of carbonyl (C=O) groups excluding carboxylic acids is 1. The average molecular weight is 432 g/mol. The van der Waals surface area contributed by atoms with Gasteiger partial charge in [-0.05, 0) is 62.1 Å². The summed E-state index contributed by atoms with van der Waals surface area (Å²) in [7, 11) is -3.83. The Labute approximate surface area is 173 Å². The molecule has 0 saturated carbocycles. The zero-order valence-corrected chi connectivity index (χ0v) is 17.9. The zero-order chi connectivity index (χ0) is 21.0. The van der Waals surface area contributed by atoms with Crippen molar-refractivity contribution in [2.75, 3.05) is 16.3 Å². The second kappa shape index (κ2) is 8.71. The number of aryl methyl sites for hydroxylation is 1. The molecule has 0 spiro atoms. The fourth-order valence-electron chi connectivity index (χ4n) is 2.53. The molecule has 7 nitrogen and oxygen atoms in total. The molecule has 0 atom stereocenters. The van der Waals surface area contributed by atoms with Crippen molar-refractivity contribution in [3.63, 3.8) is 0 Å². The highest BCUT2D eigenvalue weighted by molar-refractivity contribution is 7.97. The second-order valence-electron chi connectivity index (χ2n) is 6.44. The van der Waals surface area contributed by atoms with Crippen molar-refractivity contribution in [2.45, 2.75) is 24.5 Å². The second-order valence-corrected chi connectivity index (χ2v) is 8.98. The van der Waals surface area contributed by atoms with Crippen LogP contribution in [0.15, 0.2) is 57.9 Å². The van der Waals surface area contributed by atoms with Gasteiger partial charge in [0.05, 0.1) is 10.6 Å². The third kappa shape index (κ3) is 4.99. The molecule has 3 rings (SSSR count). The number of sulfonamides is 1. The van der Waals surface area contributed by atoms with Crippen LogP contribution in [-0.2, 0) is 15.8 Å². The Balaban J connectivity index is 1.69. The van der Waals surface area contributed by atoms with Crippen LogP contribution in [0.2, 0.25) is 0 Å². The van der Waals surface area contributed by atoms with Crippen LogP contribution < -0.4 is 10.0 Å². The lowest BCUT2D eigenvalue weighted by Gasteiger charge is -2.09. The van der Waals surface area contributed by atoms with E-state index < -0.39 is 10.0 Å². The summed E-state index contributed by atoms with van der Waals surface area (Å²) in [5.41, 5.74) is 3.41. The Morgan fingerprint density at radius 3 is 2.28 bits per heavy atom. The maximum atomic E-state index is 12.5. The number of nitrogens with zero attached hydrogens (tertiary/aromatic N) is 1. The Morgan fingerprint density at radius 2 is 1.72 bits per heavy atom. The molecule has 2 N–H and O–H groups in total. The maximum absolute atomic E-state index is 12.5. The van der Waals surface area contributed by atoms with Gasteiger partial charge in [0.1, 0.15) is 0 Å². The van der Waals surface area contributed by atoms with E-state index in [2.05, 4.69) is 15.2 Å². The summed E-state index contributed by atoms with van der Waals surface area (Å²) in [4.78, 5) is 12.4. The summed E-state index contributed by atoms with van der Waals surface area (Å²) in [5.74, 6) is 0.714. The van der Waals surface area contributed by atoms with Crippen molar-refractivity contribution >= 4 is 39.3 Å². The third-order valence-electron chi connectivity index (χ3n) is 4.33. The first-order chi connectivity index (χ1) is 13.8. The molecule has 0 radical (unpaired) electrons. The molecule has 0 fully saturated rings. The normalized spacial score (nSPS) is 11.3. The first-order valence-electron chi connectivity index (χ1n) is 8.75. The van der Waals surface area contributed by atoms with Gasteiger partial charge in [0, 0.05) is 22.6 Å². The molecule has 0 aliphatic carbocycles. The van der Waals surface area contributed by atoms with Crippen molar-refractivity contribution in [1.82, 2.24) is 5.16 Å². The van der Waals surface area contributed by atoms with Crippen LogP contribution in [-0.4, -0.2) is 25.7 Å². The fraction of sp³-hybridized carbons (Fsp3) is 0.200. The van der Waals surface area contributed by atoms with Gasteiger partial charge in [-0.25, -0.2) is 13.1 Å². The van der Waals surface area contributed by atoms with Crippen LogP contribution >= 0.6 is 11.8 Å². The molecule has 0 aliphatic rings. The topological polar surface area (TPSA) is 101 Å². The minimum atomic E-state index is -3.83. The van der Waals surface area contributed by atoms with Gasteiger partial charge < -0.3 is 9.84 Å². The summed E-state index contributed by atoms with van der Waals surface area (Å²) in [6.45, 7) is 3.44. The predicted octanol–water partition coefficient (Wildman–Crippen LogP) is 4.21. The average Bonchev–Trinajstić information content (AvgIpc) is 3.01. The highest BCUT2D eigenvalue weighted by Crippen LogP contribution is 2.23. The van der Waals surface area contributed by atoms with E-state index in [9.17, 15) is 13.2 Å². The van der Waals surface area contributed by atoms with Gasteiger partial charge in [0.15, 0.2) is 0 Å². The van der Waals surface area contributed by atoms with Crippen LogP contribution in [0.1, 0.15) is 27.2 Å². The minimum Gasteiger partial charge on any atom is -0.337 e. The van der Waals surface area contributed by atoms with Gasteiger partial charge in [-0.1, -0.05) is 17.3 Å². The molecule has 29 heavy (non-hydrogen) atoms.